The van der Waals surface area contributed by atoms with Gasteiger partial charge in [-0.15, -0.1) is 0 Å². The van der Waals surface area contributed by atoms with Gasteiger partial charge in [0, 0.05) is 28.7 Å². The summed E-state index contributed by atoms with van der Waals surface area (Å²) in [6, 6.07) is 9.49. The molecule has 0 radical (unpaired) electrons. The average molecular weight is 262 g/mol. The fourth-order valence-corrected chi connectivity index (χ4v) is 1.94. The van der Waals surface area contributed by atoms with Gasteiger partial charge in [0.15, 0.2) is 0 Å². The first-order valence-electron chi connectivity index (χ1n) is 5.81. The SMILES string of the molecule is CC(C)(N)Cc1nccc(-c2ccccc2Cl)n1. The summed E-state index contributed by atoms with van der Waals surface area (Å²) in [5.41, 5.74) is 7.40. The molecule has 1 aromatic heterocycles. The van der Waals surface area contributed by atoms with Crippen molar-refractivity contribution in [1.82, 2.24) is 9.97 Å². The van der Waals surface area contributed by atoms with Gasteiger partial charge in [0.2, 0.25) is 0 Å². The molecule has 0 unspecified atom stereocenters. The van der Waals surface area contributed by atoms with Gasteiger partial charge in [0.05, 0.1) is 5.69 Å². The Labute approximate surface area is 112 Å². The minimum absolute atomic E-state index is 0.320. The van der Waals surface area contributed by atoms with Crippen molar-refractivity contribution in [2.75, 3.05) is 0 Å². The summed E-state index contributed by atoms with van der Waals surface area (Å²) in [5.74, 6) is 0.736. The molecule has 0 spiro atoms. The molecule has 0 aliphatic rings. The highest BCUT2D eigenvalue weighted by atomic mass is 35.5. The Morgan fingerprint density at radius 1 is 1.22 bits per heavy atom. The van der Waals surface area contributed by atoms with Crippen molar-refractivity contribution in [1.29, 1.82) is 0 Å². The number of rotatable bonds is 3. The van der Waals surface area contributed by atoms with Crippen molar-refractivity contribution in [3.05, 3.63) is 47.4 Å². The largest absolute Gasteiger partial charge is 0.325 e. The van der Waals surface area contributed by atoms with Gasteiger partial charge in [-0.25, -0.2) is 9.97 Å². The summed E-state index contributed by atoms with van der Waals surface area (Å²) in [6.45, 7) is 3.91. The molecule has 2 rings (SSSR count). The molecular weight excluding hydrogens is 246 g/mol. The van der Waals surface area contributed by atoms with Crippen LogP contribution in [-0.2, 0) is 6.42 Å². The van der Waals surface area contributed by atoms with E-state index in [4.69, 9.17) is 17.3 Å². The minimum atomic E-state index is -0.320. The second-order valence-corrected chi connectivity index (χ2v) is 5.41. The van der Waals surface area contributed by atoms with E-state index in [1.54, 1.807) is 6.20 Å². The highest BCUT2D eigenvalue weighted by Crippen LogP contribution is 2.25. The predicted octanol–water partition coefficient (Wildman–Crippen LogP) is 3.08. The van der Waals surface area contributed by atoms with Crippen molar-refractivity contribution >= 4 is 11.6 Å². The summed E-state index contributed by atoms with van der Waals surface area (Å²) in [6.07, 6.45) is 2.37. The van der Waals surface area contributed by atoms with E-state index in [0.717, 1.165) is 17.1 Å². The third-order valence-electron chi connectivity index (χ3n) is 2.47. The number of nitrogens with two attached hydrogens (primary N) is 1. The van der Waals surface area contributed by atoms with Gasteiger partial charge in [-0.1, -0.05) is 29.8 Å². The zero-order valence-electron chi connectivity index (χ0n) is 10.5. The average Bonchev–Trinajstić information content (AvgIpc) is 2.27. The molecule has 2 aromatic rings. The first-order chi connectivity index (χ1) is 8.46. The van der Waals surface area contributed by atoms with E-state index < -0.39 is 0 Å². The van der Waals surface area contributed by atoms with E-state index in [1.165, 1.54) is 0 Å². The van der Waals surface area contributed by atoms with Crippen molar-refractivity contribution in [2.24, 2.45) is 5.73 Å². The number of benzene rings is 1. The number of halogens is 1. The van der Waals surface area contributed by atoms with Crippen LogP contribution < -0.4 is 5.73 Å². The summed E-state index contributed by atoms with van der Waals surface area (Å²) < 4.78 is 0. The maximum absolute atomic E-state index is 6.16. The Balaban J connectivity index is 2.36. The van der Waals surface area contributed by atoms with E-state index in [1.807, 2.05) is 44.2 Å². The van der Waals surface area contributed by atoms with Crippen LogP contribution in [0.3, 0.4) is 0 Å². The molecule has 0 aliphatic heterocycles. The quantitative estimate of drug-likeness (QED) is 0.924. The molecule has 0 atom stereocenters. The molecule has 0 bridgehead atoms. The molecule has 1 heterocycles. The van der Waals surface area contributed by atoms with E-state index in [2.05, 4.69) is 9.97 Å². The molecule has 94 valence electrons. The molecular formula is C14H16ClN3. The van der Waals surface area contributed by atoms with E-state index in [0.29, 0.717) is 11.4 Å². The zero-order valence-corrected chi connectivity index (χ0v) is 11.3. The third-order valence-corrected chi connectivity index (χ3v) is 2.80. The predicted molar refractivity (Wildman–Crippen MR) is 74.4 cm³/mol. The van der Waals surface area contributed by atoms with Gasteiger partial charge >= 0.3 is 0 Å². The normalized spacial score (nSPS) is 11.6. The molecule has 4 heteroatoms. The molecule has 18 heavy (non-hydrogen) atoms. The highest BCUT2D eigenvalue weighted by Gasteiger charge is 2.14. The Hall–Kier alpha value is -1.45. The van der Waals surface area contributed by atoms with Gasteiger partial charge in [0.25, 0.3) is 0 Å². The van der Waals surface area contributed by atoms with Gasteiger partial charge in [0.1, 0.15) is 5.82 Å². The lowest BCUT2D eigenvalue weighted by molar-refractivity contribution is 0.502. The fourth-order valence-electron chi connectivity index (χ4n) is 1.71. The van der Waals surface area contributed by atoms with Gasteiger partial charge < -0.3 is 5.73 Å². The summed E-state index contributed by atoms with van der Waals surface area (Å²) in [4.78, 5) is 8.76. The lowest BCUT2D eigenvalue weighted by Crippen LogP contribution is -2.35. The van der Waals surface area contributed by atoms with Crippen LogP contribution in [0.15, 0.2) is 36.5 Å². The number of hydrogen-bond donors (Lipinski definition) is 1. The molecule has 0 fully saturated rings. The zero-order chi connectivity index (χ0) is 13.2. The van der Waals surface area contributed by atoms with Crippen LogP contribution in [0.25, 0.3) is 11.3 Å². The lowest BCUT2D eigenvalue weighted by atomic mass is 10.0. The maximum Gasteiger partial charge on any atom is 0.130 e. The van der Waals surface area contributed by atoms with Gasteiger partial charge in [-0.05, 0) is 26.0 Å². The van der Waals surface area contributed by atoms with Crippen LogP contribution in [-0.4, -0.2) is 15.5 Å². The lowest BCUT2D eigenvalue weighted by Gasteiger charge is -2.17. The van der Waals surface area contributed by atoms with E-state index >= 15 is 0 Å². The first-order valence-corrected chi connectivity index (χ1v) is 6.19. The van der Waals surface area contributed by atoms with Crippen LogP contribution >= 0.6 is 11.6 Å². The van der Waals surface area contributed by atoms with Crippen LogP contribution in [0, 0.1) is 0 Å². The van der Waals surface area contributed by atoms with Crippen molar-refractivity contribution in [3.63, 3.8) is 0 Å². The second kappa shape index (κ2) is 5.04. The fraction of sp³-hybridized carbons (Fsp3) is 0.286. The summed E-state index contributed by atoms with van der Waals surface area (Å²) in [7, 11) is 0. The Morgan fingerprint density at radius 3 is 2.61 bits per heavy atom. The molecule has 0 amide bonds. The molecule has 0 saturated carbocycles. The standard InChI is InChI=1S/C14H16ClN3/c1-14(2,16)9-13-17-8-7-12(18-13)10-5-3-4-6-11(10)15/h3-8H,9,16H2,1-2H3. The Kier molecular flexibility index (Phi) is 3.64. The monoisotopic (exact) mass is 261 g/mol. The molecule has 0 saturated heterocycles. The Morgan fingerprint density at radius 2 is 1.94 bits per heavy atom. The first kappa shape index (κ1) is 13.0. The third kappa shape index (κ3) is 3.28. The van der Waals surface area contributed by atoms with Gasteiger partial charge in [-0.3, -0.25) is 0 Å². The number of hydrogen-bond acceptors (Lipinski definition) is 3. The van der Waals surface area contributed by atoms with Crippen molar-refractivity contribution in [2.45, 2.75) is 25.8 Å². The van der Waals surface area contributed by atoms with E-state index in [9.17, 15) is 0 Å². The second-order valence-electron chi connectivity index (χ2n) is 5.00. The minimum Gasteiger partial charge on any atom is -0.325 e. The Bertz CT molecular complexity index is 547. The molecule has 0 aliphatic carbocycles. The summed E-state index contributed by atoms with van der Waals surface area (Å²) in [5, 5.41) is 0.689. The smallest absolute Gasteiger partial charge is 0.130 e. The molecule has 3 nitrogen and oxygen atoms in total. The van der Waals surface area contributed by atoms with Gasteiger partial charge in [-0.2, -0.15) is 0 Å². The van der Waals surface area contributed by atoms with E-state index in [-0.39, 0.29) is 5.54 Å². The maximum atomic E-state index is 6.16. The van der Waals surface area contributed by atoms with Crippen LogP contribution in [0.1, 0.15) is 19.7 Å². The molecule has 2 N–H and O–H groups in total. The van der Waals surface area contributed by atoms with Crippen LogP contribution in [0.4, 0.5) is 0 Å². The van der Waals surface area contributed by atoms with Crippen LogP contribution in [0.5, 0.6) is 0 Å². The van der Waals surface area contributed by atoms with Crippen molar-refractivity contribution < 1.29 is 0 Å². The highest BCUT2D eigenvalue weighted by molar-refractivity contribution is 6.33. The summed E-state index contributed by atoms with van der Waals surface area (Å²) >= 11 is 6.16. The topological polar surface area (TPSA) is 51.8 Å². The van der Waals surface area contributed by atoms with Crippen molar-refractivity contribution in [3.8, 4) is 11.3 Å². The van der Waals surface area contributed by atoms with Crippen LogP contribution in [0.2, 0.25) is 5.02 Å². The number of nitrogens with zero attached hydrogens (tertiary/aromatic N) is 2. The molecule has 1 aromatic carbocycles. The number of aromatic nitrogens is 2.